The van der Waals surface area contributed by atoms with Crippen molar-refractivity contribution in [2.45, 2.75) is 20.8 Å². The predicted octanol–water partition coefficient (Wildman–Crippen LogP) is 1.07. The van der Waals surface area contributed by atoms with Crippen molar-refractivity contribution in [2.75, 3.05) is 0 Å². The van der Waals surface area contributed by atoms with Crippen molar-refractivity contribution in [2.24, 2.45) is 11.1 Å². The molecule has 2 nitrogen and oxygen atoms in total. The van der Waals surface area contributed by atoms with Crippen molar-refractivity contribution in [3.63, 3.8) is 0 Å². The first kappa shape index (κ1) is 8.21. The summed E-state index contributed by atoms with van der Waals surface area (Å²) < 4.78 is 0. The number of hydrogen-bond donors (Lipinski definition) is 1. The van der Waals surface area contributed by atoms with Gasteiger partial charge in [0.25, 0.3) is 0 Å². The minimum atomic E-state index is -0.296. The van der Waals surface area contributed by atoms with Crippen molar-refractivity contribution < 1.29 is 4.79 Å². The molecule has 0 amide bonds. The molecule has 0 aliphatic heterocycles. The molecule has 0 aliphatic rings. The van der Waals surface area contributed by atoms with Gasteiger partial charge in [0.15, 0.2) is 5.78 Å². The summed E-state index contributed by atoms with van der Waals surface area (Å²) in [4.78, 5) is 10.9. The number of nitrogens with two attached hydrogens (primary N) is 1. The van der Waals surface area contributed by atoms with Crippen LogP contribution in [0, 0.1) is 5.41 Å². The number of ketones is 1. The molecule has 0 heterocycles. The van der Waals surface area contributed by atoms with Crippen LogP contribution in [0.4, 0.5) is 0 Å². The molecule has 0 atom stereocenters. The molecule has 0 saturated carbocycles. The van der Waals surface area contributed by atoms with E-state index >= 15 is 0 Å². The lowest BCUT2D eigenvalue weighted by Crippen LogP contribution is -2.17. The highest BCUT2D eigenvalue weighted by atomic mass is 16.1. The van der Waals surface area contributed by atoms with Crippen LogP contribution in [0.15, 0.2) is 12.3 Å². The smallest absolute Gasteiger partial charge is 0.162 e. The van der Waals surface area contributed by atoms with E-state index in [0.29, 0.717) is 0 Å². The van der Waals surface area contributed by atoms with Crippen molar-refractivity contribution >= 4 is 5.78 Å². The van der Waals surface area contributed by atoms with Gasteiger partial charge in [-0.25, -0.2) is 0 Å². The predicted molar refractivity (Wildman–Crippen MR) is 37.8 cm³/mol. The molecule has 0 unspecified atom stereocenters. The Hall–Kier alpha value is -0.790. The van der Waals surface area contributed by atoms with Gasteiger partial charge in [-0.3, -0.25) is 4.79 Å². The third-order valence-electron chi connectivity index (χ3n) is 0.987. The van der Waals surface area contributed by atoms with Crippen LogP contribution in [0.2, 0.25) is 0 Å². The summed E-state index contributed by atoms with van der Waals surface area (Å²) in [5, 5.41) is 0. The molecule has 0 saturated heterocycles. The molecule has 0 aliphatic carbocycles. The van der Waals surface area contributed by atoms with E-state index in [1.165, 1.54) is 12.3 Å². The fourth-order valence-corrected chi connectivity index (χ4v) is 0.337. The van der Waals surface area contributed by atoms with Crippen molar-refractivity contribution in [3.8, 4) is 0 Å². The fraction of sp³-hybridized carbons (Fsp3) is 0.571. The lowest BCUT2D eigenvalue weighted by Gasteiger charge is -2.12. The summed E-state index contributed by atoms with van der Waals surface area (Å²) in [5.74, 6) is 0.0602. The molecule has 0 fully saturated rings. The highest BCUT2D eigenvalue weighted by molar-refractivity contribution is 5.93. The van der Waals surface area contributed by atoms with Gasteiger partial charge in [-0.1, -0.05) is 20.8 Å². The second kappa shape index (κ2) is 2.67. The van der Waals surface area contributed by atoms with E-state index in [9.17, 15) is 4.79 Å². The summed E-state index contributed by atoms with van der Waals surface area (Å²) in [6.07, 6.45) is 2.66. The molecule has 0 spiro atoms. The first-order chi connectivity index (χ1) is 3.98. The molecule has 0 aromatic carbocycles. The lowest BCUT2D eigenvalue weighted by atomic mass is 9.91. The Morgan fingerprint density at radius 2 is 1.89 bits per heavy atom. The van der Waals surface area contributed by atoms with Gasteiger partial charge in [0.2, 0.25) is 0 Å². The maximum absolute atomic E-state index is 10.9. The van der Waals surface area contributed by atoms with Crippen LogP contribution in [-0.4, -0.2) is 5.78 Å². The van der Waals surface area contributed by atoms with Crippen molar-refractivity contribution in [1.29, 1.82) is 0 Å². The van der Waals surface area contributed by atoms with E-state index in [1.54, 1.807) is 0 Å². The summed E-state index contributed by atoms with van der Waals surface area (Å²) in [5.41, 5.74) is 4.73. The highest BCUT2D eigenvalue weighted by Crippen LogP contribution is 2.14. The zero-order chi connectivity index (χ0) is 7.49. The summed E-state index contributed by atoms with van der Waals surface area (Å²) >= 11 is 0. The van der Waals surface area contributed by atoms with Crippen molar-refractivity contribution in [3.05, 3.63) is 12.3 Å². The number of hydrogen-bond acceptors (Lipinski definition) is 2. The standard InChI is InChI=1S/C7H13NO/c1-7(2,3)6(9)4-5-8/h4-5H,8H2,1-3H3/b5-4+. The number of allylic oxidation sites excluding steroid dienone is 1. The SMILES string of the molecule is CC(C)(C)C(=O)/C=C/N. The van der Waals surface area contributed by atoms with E-state index in [4.69, 9.17) is 5.73 Å². The first-order valence-corrected chi connectivity index (χ1v) is 2.91. The van der Waals surface area contributed by atoms with Gasteiger partial charge in [-0.15, -0.1) is 0 Å². The van der Waals surface area contributed by atoms with Gasteiger partial charge in [-0.05, 0) is 12.3 Å². The van der Waals surface area contributed by atoms with E-state index in [-0.39, 0.29) is 11.2 Å². The monoisotopic (exact) mass is 127 g/mol. The van der Waals surface area contributed by atoms with Gasteiger partial charge >= 0.3 is 0 Å². The molecule has 0 bridgehead atoms. The van der Waals surface area contributed by atoms with Gasteiger partial charge in [0.05, 0.1) is 0 Å². The summed E-state index contributed by atoms with van der Waals surface area (Å²) in [6.45, 7) is 5.57. The maximum atomic E-state index is 10.9. The second-order valence-electron chi connectivity index (χ2n) is 2.97. The molecule has 9 heavy (non-hydrogen) atoms. The third kappa shape index (κ3) is 2.90. The van der Waals surface area contributed by atoms with Crippen LogP contribution in [0.3, 0.4) is 0 Å². The minimum Gasteiger partial charge on any atom is -0.404 e. The van der Waals surface area contributed by atoms with Crippen LogP contribution < -0.4 is 5.73 Å². The van der Waals surface area contributed by atoms with Gasteiger partial charge in [0, 0.05) is 5.41 Å². The molecule has 52 valence electrons. The topological polar surface area (TPSA) is 43.1 Å². The number of carbonyl (C=O) groups excluding carboxylic acids is 1. The maximum Gasteiger partial charge on any atom is 0.162 e. The van der Waals surface area contributed by atoms with E-state index < -0.39 is 0 Å². The Morgan fingerprint density at radius 3 is 2.00 bits per heavy atom. The fourth-order valence-electron chi connectivity index (χ4n) is 0.337. The van der Waals surface area contributed by atoms with E-state index in [2.05, 4.69) is 0 Å². The molecule has 0 aromatic heterocycles. The zero-order valence-corrected chi connectivity index (χ0v) is 6.14. The quantitative estimate of drug-likeness (QED) is 0.535. The number of carbonyl (C=O) groups is 1. The van der Waals surface area contributed by atoms with E-state index in [1.807, 2.05) is 20.8 Å². The lowest BCUT2D eigenvalue weighted by molar-refractivity contribution is -0.121. The van der Waals surface area contributed by atoms with Crippen LogP contribution in [0.5, 0.6) is 0 Å². The molecule has 0 aromatic rings. The average Bonchev–Trinajstić information content (AvgIpc) is 1.64. The largest absolute Gasteiger partial charge is 0.404 e. The molecule has 0 rings (SSSR count). The Balaban J connectivity index is 4.06. The third-order valence-corrected chi connectivity index (χ3v) is 0.987. The van der Waals surface area contributed by atoms with Crippen LogP contribution in [0.25, 0.3) is 0 Å². The second-order valence-corrected chi connectivity index (χ2v) is 2.97. The molecule has 2 N–H and O–H groups in total. The van der Waals surface area contributed by atoms with Crippen LogP contribution >= 0.6 is 0 Å². The van der Waals surface area contributed by atoms with Crippen LogP contribution in [-0.2, 0) is 4.79 Å². The zero-order valence-electron chi connectivity index (χ0n) is 6.14. The average molecular weight is 127 g/mol. The Bertz CT molecular complexity index is 130. The van der Waals surface area contributed by atoms with Gasteiger partial charge in [-0.2, -0.15) is 0 Å². The molecule has 0 radical (unpaired) electrons. The summed E-state index contributed by atoms with van der Waals surface area (Å²) in [6, 6.07) is 0. The van der Waals surface area contributed by atoms with Gasteiger partial charge < -0.3 is 5.73 Å². The normalized spacial score (nSPS) is 12.3. The van der Waals surface area contributed by atoms with E-state index in [0.717, 1.165) is 0 Å². The highest BCUT2D eigenvalue weighted by Gasteiger charge is 2.17. The van der Waals surface area contributed by atoms with Crippen molar-refractivity contribution in [1.82, 2.24) is 0 Å². The number of rotatable bonds is 1. The molecule has 2 heteroatoms. The Labute approximate surface area is 55.7 Å². The van der Waals surface area contributed by atoms with Crippen LogP contribution in [0.1, 0.15) is 20.8 Å². The molecular weight excluding hydrogens is 114 g/mol. The Kier molecular flexibility index (Phi) is 2.43. The van der Waals surface area contributed by atoms with Gasteiger partial charge in [0.1, 0.15) is 0 Å². The molecular formula is C7H13NO. The Morgan fingerprint density at radius 1 is 1.44 bits per heavy atom. The first-order valence-electron chi connectivity index (χ1n) is 2.91. The minimum absolute atomic E-state index is 0.0602. The summed E-state index contributed by atoms with van der Waals surface area (Å²) in [7, 11) is 0.